The van der Waals surface area contributed by atoms with Crippen LogP contribution in [0.2, 0.25) is 0 Å². The number of halogens is 1. The standard InChI is InChI=1S/C8H9FN2O2S2/c1-11-15(12,13)6-4-2-3-5(9)7(6)8(10)14/h2-4,11H,1H3,(H2,10,14). The van der Waals surface area contributed by atoms with E-state index in [2.05, 4.69) is 16.9 Å². The van der Waals surface area contributed by atoms with Gasteiger partial charge >= 0.3 is 0 Å². The van der Waals surface area contributed by atoms with E-state index in [-0.39, 0.29) is 15.4 Å². The van der Waals surface area contributed by atoms with E-state index in [1.807, 2.05) is 0 Å². The van der Waals surface area contributed by atoms with E-state index < -0.39 is 15.8 Å². The molecule has 4 nitrogen and oxygen atoms in total. The van der Waals surface area contributed by atoms with Gasteiger partial charge in [0.25, 0.3) is 0 Å². The maximum atomic E-state index is 13.3. The molecule has 0 unspecified atom stereocenters. The van der Waals surface area contributed by atoms with Crippen molar-refractivity contribution < 1.29 is 12.8 Å². The first-order chi connectivity index (χ1) is 6.90. The monoisotopic (exact) mass is 248 g/mol. The lowest BCUT2D eigenvalue weighted by molar-refractivity contribution is 0.583. The van der Waals surface area contributed by atoms with Crippen LogP contribution in [-0.2, 0) is 10.0 Å². The maximum Gasteiger partial charge on any atom is 0.241 e. The molecule has 0 aromatic heterocycles. The molecule has 1 rings (SSSR count). The van der Waals surface area contributed by atoms with Crippen molar-refractivity contribution in [1.82, 2.24) is 4.72 Å². The van der Waals surface area contributed by atoms with Crippen LogP contribution >= 0.6 is 12.2 Å². The fourth-order valence-electron chi connectivity index (χ4n) is 1.08. The largest absolute Gasteiger partial charge is 0.389 e. The van der Waals surface area contributed by atoms with Crippen molar-refractivity contribution in [1.29, 1.82) is 0 Å². The molecule has 0 atom stereocenters. The lowest BCUT2D eigenvalue weighted by Gasteiger charge is -2.08. The van der Waals surface area contributed by atoms with E-state index in [1.54, 1.807) is 0 Å². The minimum absolute atomic E-state index is 0.252. The number of hydrogen-bond acceptors (Lipinski definition) is 3. The third-order valence-corrected chi connectivity index (χ3v) is 3.44. The van der Waals surface area contributed by atoms with E-state index in [0.717, 1.165) is 6.07 Å². The normalized spacial score (nSPS) is 11.3. The lowest BCUT2D eigenvalue weighted by atomic mass is 10.2. The lowest BCUT2D eigenvalue weighted by Crippen LogP contribution is -2.24. The molecule has 0 heterocycles. The fraction of sp³-hybridized carbons (Fsp3) is 0.125. The molecule has 1 aromatic carbocycles. The number of hydrogen-bond donors (Lipinski definition) is 2. The Labute approximate surface area is 92.3 Å². The van der Waals surface area contributed by atoms with Gasteiger partial charge < -0.3 is 5.73 Å². The number of sulfonamides is 1. The van der Waals surface area contributed by atoms with Gasteiger partial charge in [0.1, 0.15) is 10.8 Å². The molecule has 0 amide bonds. The van der Waals surface area contributed by atoms with Crippen LogP contribution in [0, 0.1) is 5.82 Å². The molecule has 0 aliphatic heterocycles. The summed E-state index contributed by atoms with van der Waals surface area (Å²) in [4.78, 5) is -0.542. The third kappa shape index (κ3) is 2.31. The highest BCUT2D eigenvalue weighted by Crippen LogP contribution is 2.18. The quantitative estimate of drug-likeness (QED) is 0.758. The molecule has 0 saturated carbocycles. The van der Waals surface area contributed by atoms with Gasteiger partial charge in [0.15, 0.2) is 0 Å². The molecule has 0 saturated heterocycles. The molecular formula is C8H9FN2O2S2. The predicted octanol–water partition coefficient (Wildman–Crippen LogP) is 0.368. The molecule has 82 valence electrons. The van der Waals surface area contributed by atoms with Crippen LogP contribution in [0.15, 0.2) is 23.1 Å². The number of thiocarbonyl (C=S) groups is 1. The van der Waals surface area contributed by atoms with Gasteiger partial charge in [0.05, 0.1) is 10.5 Å². The average molecular weight is 248 g/mol. The van der Waals surface area contributed by atoms with Gasteiger partial charge in [-0.3, -0.25) is 0 Å². The number of rotatable bonds is 3. The number of nitrogens with two attached hydrogens (primary N) is 1. The topological polar surface area (TPSA) is 72.2 Å². The highest BCUT2D eigenvalue weighted by molar-refractivity contribution is 7.89. The van der Waals surface area contributed by atoms with Crippen LogP contribution in [0.1, 0.15) is 5.56 Å². The summed E-state index contributed by atoms with van der Waals surface area (Å²) in [5, 5.41) is 0. The SMILES string of the molecule is CNS(=O)(=O)c1cccc(F)c1C(N)=S. The molecule has 15 heavy (non-hydrogen) atoms. The van der Waals surface area contributed by atoms with Gasteiger partial charge in [0.2, 0.25) is 10.0 Å². The van der Waals surface area contributed by atoms with Gasteiger partial charge in [-0.05, 0) is 19.2 Å². The van der Waals surface area contributed by atoms with Crippen LogP contribution in [0.5, 0.6) is 0 Å². The zero-order chi connectivity index (χ0) is 11.6. The van der Waals surface area contributed by atoms with Crippen LogP contribution in [0.3, 0.4) is 0 Å². The molecular weight excluding hydrogens is 239 g/mol. The van der Waals surface area contributed by atoms with Crippen LogP contribution in [-0.4, -0.2) is 20.5 Å². The Hall–Kier alpha value is -1.05. The summed E-state index contributed by atoms with van der Waals surface area (Å²) in [5.41, 5.74) is 5.00. The van der Waals surface area contributed by atoms with E-state index in [4.69, 9.17) is 5.73 Å². The van der Waals surface area contributed by atoms with Crippen LogP contribution in [0.4, 0.5) is 4.39 Å². The molecule has 3 N–H and O–H groups in total. The summed E-state index contributed by atoms with van der Waals surface area (Å²) < 4.78 is 38.3. The van der Waals surface area contributed by atoms with Crippen LogP contribution in [0.25, 0.3) is 0 Å². The second-order valence-electron chi connectivity index (χ2n) is 2.68. The molecule has 0 aliphatic carbocycles. The Bertz CT molecular complexity index is 499. The minimum Gasteiger partial charge on any atom is -0.389 e. The highest BCUT2D eigenvalue weighted by atomic mass is 32.2. The predicted molar refractivity (Wildman–Crippen MR) is 58.5 cm³/mol. The van der Waals surface area contributed by atoms with E-state index in [9.17, 15) is 12.8 Å². The summed E-state index contributed by atoms with van der Waals surface area (Å²) in [7, 11) is -2.53. The first-order valence-electron chi connectivity index (χ1n) is 3.92. The second kappa shape index (κ2) is 4.21. The van der Waals surface area contributed by atoms with E-state index >= 15 is 0 Å². The average Bonchev–Trinajstić information content (AvgIpc) is 2.16. The summed E-state index contributed by atoms with van der Waals surface area (Å²) in [6, 6.07) is 3.62. The van der Waals surface area contributed by atoms with E-state index in [1.165, 1.54) is 19.2 Å². The first kappa shape index (κ1) is 12.0. The fourth-order valence-corrected chi connectivity index (χ4v) is 2.30. The molecule has 1 aromatic rings. The minimum atomic E-state index is -3.75. The Morgan fingerprint density at radius 3 is 2.60 bits per heavy atom. The van der Waals surface area contributed by atoms with Gasteiger partial charge in [-0.2, -0.15) is 0 Å². The van der Waals surface area contributed by atoms with Crippen LogP contribution < -0.4 is 10.5 Å². The maximum absolute atomic E-state index is 13.3. The van der Waals surface area contributed by atoms with Crippen molar-refractivity contribution in [3.05, 3.63) is 29.6 Å². The van der Waals surface area contributed by atoms with Crippen molar-refractivity contribution in [2.45, 2.75) is 4.90 Å². The van der Waals surface area contributed by atoms with Gasteiger partial charge in [-0.1, -0.05) is 18.3 Å². The highest BCUT2D eigenvalue weighted by Gasteiger charge is 2.20. The van der Waals surface area contributed by atoms with Crippen molar-refractivity contribution in [3.8, 4) is 0 Å². The number of benzene rings is 1. The second-order valence-corrected chi connectivity index (χ2v) is 4.98. The van der Waals surface area contributed by atoms with Gasteiger partial charge in [-0.15, -0.1) is 0 Å². The van der Waals surface area contributed by atoms with Gasteiger partial charge in [0, 0.05) is 0 Å². The third-order valence-electron chi connectivity index (χ3n) is 1.78. The van der Waals surface area contributed by atoms with E-state index in [0.29, 0.717) is 0 Å². The molecule has 0 spiro atoms. The zero-order valence-electron chi connectivity index (χ0n) is 7.82. The summed E-state index contributed by atoms with van der Waals surface area (Å²) in [6.45, 7) is 0. The smallest absolute Gasteiger partial charge is 0.241 e. The summed E-state index contributed by atoms with van der Waals surface area (Å²) in [6.07, 6.45) is 0. The van der Waals surface area contributed by atoms with Crippen molar-refractivity contribution in [2.24, 2.45) is 5.73 Å². The first-order valence-corrected chi connectivity index (χ1v) is 5.81. The Kier molecular flexibility index (Phi) is 3.38. The molecule has 0 aliphatic rings. The van der Waals surface area contributed by atoms with Crippen molar-refractivity contribution in [3.63, 3.8) is 0 Å². The van der Waals surface area contributed by atoms with Crippen molar-refractivity contribution in [2.75, 3.05) is 7.05 Å². The summed E-state index contributed by atoms with van der Waals surface area (Å²) in [5.74, 6) is -0.751. The zero-order valence-corrected chi connectivity index (χ0v) is 9.45. The number of nitrogens with one attached hydrogen (secondary N) is 1. The molecule has 0 bridgehead atoms. The molecule has 0 fully saturated rings. The Balaban J connectivity index is 3.57. The Morgan fingerprint density at radius 1 is 1.53 bits per heavy atom. The molecule has 7 heteroatoms. The van der Waals surface area contributed by atoms with Gasteiger partial charge in [-0.25, -0.2) is 17.5 Å². The molecule has 0 radical (unpaired) electrons. The summed E-state index contributed by atoms with van der Waals surface area (Å²) >= 11 is 4.60. The Morgan fingerprint density at radius 2 is 2.13 bits per heavy atom. The van der Waals surface area contributed by atoms with Crippen molar-refractivity contribution >= 4 is 27.2 Å².